The van der Waals surface area contributed by atoms with Crippen molar-refractivity contribution in [3.8, 4) is 0 Å². The van der Waals surface area contributed by atoms with E-state index in [1.807, 2.05) is 31.4 Å². The molecular formula is C24H33FN6O. The Balaban J connectivity index is 1.26. The van der Waals surface area contributed by atoms with E-state index in [0.29, 0.717) is 17.6 Å². The van der Waals surface area contributed by atoms with E-state index >= 15 is 0 Å². The van der Waals surface area contributed by atoms with Crippen molar-refractivity contribution in [1.82, 2.24) is 19.8 Å². The van der Waals surface area contributed by atoms with Crippen LogP contribution in [0.1, 0.15) is 24.8 Å². The fraction of sp³-hybridized carbons (Fsp3) is 0.542. The third-order valence-electron chi connectivity index (χ3n) is 6.76. The van der Waals surface area contributed by atoms with Gasteiger partial charge in [-0.25, -0.2) is 14.4 Å². The lowest BCUT2D eigenvalue weighted by atomic mass is 9.86. The summed E-state index contributed by atoms with van der Waals surface area (Å²) in [6.07, 6.45) is 7.00. The number of halogens is 1. The van der Waals surface area contributed by atoms with Crippen LogP contribution in [0.15, 0.2) is 36.7 Å². The van der Waals surface area contributed by atoms with Crippen LogP contribution < -0.4 is 10.2 Å². The molecule has 172 valence electrons. The second kappa shape index (κ2) is 9.92. The van der Waals surface area contributed by atoms with E-state index in [4.69, 9.17) is 0 Å². The van der Waals surface area contributed by atoms with Gasteiger partial charge in [-0.05, 0) is 69.6 Å². The number of hydrogen-bond donors (Lipinski definition) is 1. The smallest absolute Gasteiger partial charge is 0.228 e. The van der Waals surface area contributed by atoms with Crippen molar-refractivity contribution in [2.75, 3.05) is 51.0 Å². The molecule has 32 heavy (non-hydrogen) atoms. The van der Waals surface area contributed by atoms with Gasteiger partial charge in [0, 0.05) is 56.9 Å². The average Bonchev–Trinajstić information content (AvgIpc) is 3.18. The van der Waals surface area contributed by atoms with Gasteiger partial charge in [0.2, 0.25) is 11.9 Å². The van der Waals surface area contributed by atoms with Gasteiger partial charge in [-0.2, -0.15) is 0 Å². The van der Waals surface area contributed by atoms with Gasteiger partial charge in [0.25, 0.3) is 0 Å². The van der Waals surface area contributed by atoms with Crippen molar-refractivity contribution in [2.24, 2.45) is 11.8 Å². The van der Waals surface area contributed by atoms with E-state index in [1.54, 1.807) is 12.1 Å². The number of rotatable bonds is 6. The summed E-state index contributed by atoms with van der Waals surface area (Å²) in [4.78, 5) is 28.3. The van der Waals surface area contributed by atoms with E-state index in [-0.39, 0.29) is 17.6 Å². The Morgan fingerprint density at radius 2 is 1.81 bits per heavy atom. The van der Waals surface area contributed by atoms with Gasteiger partial charge in [0.05, 0.1) is 5.92 Å². The monoisotopic (exact) mass is 440 g/mol. The van der Waals surface area contributed by atoms with Crippen molar-refractivity contribution in [1.29, 1.82) is 0 Å². The summed E-state index contributed by atoms with van der Waals surface area (Å²) in [6.45, 7) is 3.75. The van der Waals surface area contributed by atoms with Crippen molar-refractivity contribution < 1.29 is 9.18 Å². The quantitative estimate of drug-likeness (QED) is 0.745. The summed E-state index contributed by atoms with van der Waals surface area (Å²) in [5, 5.41) is 2.94. The van der Waals surface area contributed by atoms with E-state index in [0.717, 1.165) is 57.0 Å². The molecule has 0 spiro atoms. The Labute approximate surface area is 189 Å². The summed E-state index contributed by atoms with van der Waals surface area (Å²) < 4.78 is 13.1. The molecule has 0 radical (unpaired) electrons. The number of aromatic nitrogens is 2. The highest BCUT2D eigenvalue weighted by atomic mass is 19.1. The number of benzene rings is 1. The van der Waals surface area contributed by atoms with Crippen LogP contribution >= 0.6 is 0 Å². The molecule has 4 rings (SSSR count). The Morgan fingerprint density at radius 3 is 2.44 bits per heavy atom. The molecule has 0 saturated carbocycles. The predicted molar refractivity (Wildman–Crippen MR) is 124 cm³/mol. The predicted octanol–water partition coefficient (Wildman–Crippen LogP) is 2.85. The average molecular weight is 441 g/mol. The Kier molecular flexibility index (Phi) is 7.01. The normalized spacial score (nSPS) is 22.8. The minimum Gasteiger partial charge on any atom is -0.347 e. The molecule has 2 saturated heterocycles. The van der Waals surface area contributed by atoms with Gasteiger partial charge < -0.3 is 15.1 Å². The molecule has 1 N–H and O–H groups in total. The molecular weight excluding hydrogens is 407 g/mol. The van der Waals surface area contributed by atoms with E-state index in [9.17, 15) is 9.18 Å². The summed E-state index contributed by atoms with van der Waals surface area (Å²) in [6, 6.07) is 6.39. The molecule has 8 heteroatoms. The van der Waals surface area contributed by atoms with Crippen LogP contribution in [0, 0.1) is 17.7 Å². The number of nitrogens with one attached hydrogen (secondary N) is 1. The Bertz CT molecular complexity index is 896. The first-order valence-corrected chi connectivity index (χ1v) is 11.4. The first kappa shape index (κ1) is 22.6. The lowest BCUT2D eigenvalue weighted by Gasteiger charge is -2.37. The van der Waals surface area contributed by atoms with Crippen LogP contribution in [0.25, 0.3) is 0 Å². The molecule has 7 nitrogen and oxygen atoms in total. The van der Waals surface area contributed by atoms with Crippen LogP contribution in [0.4, 0.5) is 16.0 Å². The first-order valence-electron chi connectivity index (χ1n) is 11.4. The van der Waals surface area contributed by atoms with Crippen molar-refractivity contribution >= 4 is 17.5 Å². The standard InChI is InChI=1S/C24H33FN6O/c1-29(2)24-26-13-17(14-27-24)15-31-10-8-18(9-11-31)22-12-19(16-30(22)3)23(32)28-21-6-4-20(25)5-7-21/h4-7,13-14,18-19,22H,8-12,15-16H2,1-3H3,(H,28,32). The zero-order valence-electron chi connectivity index (χ0n) is 19.2. The van der Waals surface area contributed by atoms with Crippen LogP contribution in [-0.4, -0.2) is 72.5 Å². The minimum absolute atomic E-state index is 0.0274. The molecule has 0 bridgehead atoms. The van der Waals surface area contributed by atoms with E-state index in [2.05, 4.69) is 32.1 Å². The first-order chi connectivity index (χ1) is 15.4. The molecule has 1 aromatic carbocycles. The number of nitrogens with zero attached hydrogens (tertiary/aromatic N) is 5. The lowest BCUT2D eigenvalue weighted by molar-refractivity contribution is -0.119. The van der Waals surface area contributed by atoms with Gasteiger partial charge in [-0.15, -0.1) is 0 Å². The molecule has 2 aromatic rings. The fourth-order valence-electron chi connectivity index (χ4n) is 4.96. The SMILES string of the molecule is CN(C)c1ncc(CN2CCC(C3CC(C(=O)Nc4ccc(F)cc4)CN3C)CC2)cn1. The molecule has 2 fully saturated rings. The maximum Gasteiger partial charge on any atom is 0.228 e. The largest absolute Gasteiger partial charge is 0.347 e. The number of carbonyl (C=O) groups is 1. The van der Waals surface area contributed by atoms with Gasteiger partial charge in [-0.3, -0.25) is 9.69 Å². The van der Waals surface area contributed by atoms with Crippen molar-refractivity contribution in [3.63, 3.8) is 0 Å². The molecule has 3 heterocycles. The Morgan fingerprint density at radius 1 is 1.16 bits per heavy atom. The molecule has 2 atom stereocenters. The molecule has 1 aromatic heterocycles. The van der Waals surface area contributed by atoms with Crippen LogP contribution in [-0.2, 0) is 11.3 Å². The summed E-state index contributed by atoms with van der Waals surface area (Å²) in [5.41, 5.74) is 1.79. The number of hydrogen-bond acceptors (Lipinski definition) is 6. The fourth-order valence-corrected chi connectivity index (χ4v) is 4.96. The number of anilines is 2. The lowest BCUT2D eigenvalue weighted by Crippen LogP contribution is -2.41. The Hall–Kier alpha value is -2.58. The molecule has 1 amide bonds. The summed E-state index contributed by atoms with van der Waals surface area (Å²) in [5.74, 6) is 1.04. The third-order valence-corrected chi connectivity index (χ3v) is 6.76. The second-order valence-corrected chi connectivity index (χ2v) is 9.34. The summed E-state index contributed by atoms with van der Waals surface area (Å²) in [7, 11) is 6.01. The molecule has 2 aliphatic heterocycles. The number of likely N-dealkylation sites (tertiary alicyclic amines) is 2. The maximum absolute atomic E-state index is 13.1. The number of amides is 1. The second-order valence-electron chi connectivity index (χ2n) is 9.34. The highest BCUT2D eigenvalue weighted by molar-refractivity contribution is 5.92. The molecule has 2 aliphatic rings. The van der Waals surface area contributed by atoms with Gasteiger partial charge in [0.1, 0.15) is 5.82 Å². The molecule has 0 aliphatic carbocycles. The maximum atomic E-state index is 13.1. The van der Waals surface area contributed by atoms with E-state index < -0.39 is 0 Å². The van der Waals surface area contributed by atoms with Gasteiger partial charge in [-0.1, -0.05) is 0 Å². The zero-order valence-corrected chi connectivity index (χ0v) is 19.2. The summed E-state index contributed by atoms with van der Waals surface area (Å²) >= 11 is 0. The molecule has 2 unspecified atom stereocenters. The highest BCUT2D eigenvalue weighted by Gasteiger charge is 2.39. The van der Waals surface area contributed by atoms with Gasteiger partial charge >= 0.3 is 0 Å². The number of piperidine rings is 1. The highest BCUT2D eigenvalue weighted by Crippen LogP contribution is 2.33. The van der Waals surface area contributed by atoms with Crippen molar-refractivity contribution in [3.05, 3.63) is 48.0 Å². The van der Waals surface area contributed by atoms with Gasteiger partial charge in [0.15, 0.2) is 0 Å². The van der Waals surface area contributed by atoms with Crippen molar-refractivity contribution in [2.45, 2.75) is 31.8 Å². The van der Waals surface area contributed by atoms with Crippen LogP contribution in [0.3, 0.4) is 0 Å². The van der Waals surface area contributed by atoms with Crippen LogP contribution in [0.5, 0.6) is 0 Å². The third kappa shape index (κ3) is 5.42. The van der Waals surface area contributed by atoms with E-state index in [1.165, 1.54) is 12.1 Å². The zero-order chi connectivity index (χ0) is 22.7. The topological polar surface area (TPSA) is 64.6 Å². The minimum atomic E-state index is -0.298. The number of carbonyl (C=O) groups excluding carboxylic acids is 1. The van der Waals surface area contributed by atoms with Crippen LogP contribution in [0.2, 0.25) is 0 Å².